The summed E-state index contributed by atoms with van der Waals surface area (Å²) in [5, 5.41) is 18.5. The molecule has 7 N–H and O–H groups in total. The first kappa shape index (κ1) is 30.0. The molecule has 10 heteroatoms. The summed E-state index contributed by atoms with van der Waals surface area (Å²) in [6.45, 7) is 1.46. The minimum Gasteiger partial charge on any atom is -0.480 e. The Labute approximate surface area is 243 Å². The summed E-state index contributed by atoms with van der Waals surface area (Å²) in [5.41, 5.74) is 9.62. The van der Waals surface area contributed by atoms with Crippen LogP contribution in [0.4, 0.5) is 0 Å². The number of carbonyl (C=O) groups excluding carboxylic acids is 3. The molecule has 0 aliphatic carbocycles. The van der Waals surface area contributed by atoms with Gasteiger partial charge in [-0.05, 0) is 36.1 Å². The van der Waals surface area contributed by atoms with Gasteiger partial charge in [-0.1, -0.05) is 78.9 Å². The van der Waals surface area contributed by atoms with Crippen LogP contribution in [0.3, 0.4) is 0 Å². The summed E-state index contributed by atoms with van der Waals surface area (Å²) in [6, 6.07) is 21.6. The molecular formula is C32H35N5O5. The van der Waals surface area contributed by atoms with Crippen molar-refractivity contribution in [3.63, 3.8) is 0 Å². The molecule has 10 nitrogen and oxygen atoms in total. The van der Waals surface area contributed by atoms with Crippen molar-refractivity contribution in [2.45, 2.75) is 50.4 Å². The summed E-state index contributed by atoms with van der Waals surface area (Å²) in [4.78, 5) is 54.4. The normalized spacial score (nSPS) is 13.9. The zero-order valence-electron chi connectivity index (χ0n) is 23.2. The summed E-state index contributed by atoms with van der Waals surface area (Å²) < 4.78 is 0. The van der Waals surface area contributed by atoms with Gasteiger partial charge in [-0.25, -0.2) is 4.79 Å². The van der Waals surface area contributed by atoms with E-state index < -0.39 is 47.9 Å². The van der Waals surface area contributed by atoms with Crippen molar-refractivity contribution in [2.24, 2.45) is 5.73 Å². The Balaban J connectivity index is 1.41. The molecule has 1 heterocycles. The smallest absolute Gasteiger partial charge is 0.326 e. The Kier molecular flexibility index (Phi) is 10.1. The van der Waals surface area contributed by atoms with Crippen molar-refractivity contribution >= 4 is 34.6 Å². The Morgan fingerprint density at radius 1 is 0.714 bits per heavy atom. The summed E-state index contributed by atoms with van der Waals surface area (Å²) in [7, 11) is 0. The number of nitrogens with two attached hydrogens (primary N) is 1. The number of hydrogen-bond donors (Lipinski definition) is 6. The van der Waals surface area contributed by atoms with Crippen LogP contribution in [0, 0.1) is 0 Å². The largest absolute Gasteiger partial charge is 0.480 e. The molecular weight excluding hydrogens is 534 g/mol. The number of benzene rings is 3. The van der Waals surface area contributed by atoms with E-state index >= 15 is 0 Å². The van der Waals surface area contributed by atoms with Gasteiger partial charge in [0, 0.05) is 29.9 Å². The zero-order chi connectivity index (χ0) is 30.1. The molecule has 4 atom stereocenters. The second-order valence-corrected chi connectivity index (χ2v) is 10.2. The molecule has 0 bridgehead atoms. The third-order valence-corrected chi connectivity index (χ3v) is 7.02. The minimum absolute atomic E-state index is 0.0869. The van der Waals surface area contributed by atoms with Crippen LogP contribution in [-0.2, 0) is 38.4 Å². The van der Waals surface area contributed by atoms with Crippen LogP contribution in [0.15, 0.2) is 91.1 Å². The van der Waals surface area contributed by atoms with Crippen LogP contribution in [-0.4, -0.2) is 57.9 Å². The SMILES string of the molecule is CC(NC(=O)C(Cc1ccccc1)NC(=O)C(N)Cc1c[nH]c2ccccc12)C(=O)NC(Cc1ccccc1)C(=O)O. The van der Waals surface area contributed by atoms with Crippen molar-refractivity contribution in [3.8, 4) is 0 Å². The van der Waals surface area contributed by atoms with E-state index in [-0.39, 0.29) is 19.3 Å². The molecule has 1 aromatic heterocycles. The van der Waals surface area contributed by atoms with Crippen molar-refractivity contribution in [1.82, 2.24) is 20.9 Å². The highest BCUT2D eigenvalue weighted by molar-refractivity contribution is 5.94. The monoisotopic (exact) mass is 569 g/mol. The maximum atomic E-state index is 13.4. The number of aliphatic carboxylic acids is 1. The lowest BCUT2D eigenvalue weighted by Gasteiger charge is -2.24. The number of amides is 3. The standard InChI is InChI=1S/C32H35N5O5/c1-20(29(38)37-28(32(41)42)17-22-12-6-3-7-13-22)35-31(40)27(16-21-10-4-2-5-11-21)36-30(39)25(33)18-23-19-34-26-15-9-8-14-24(23)26/h2-15,19-20,25,27-28,34H,16-18,33H2,1H3,(H,35,40)(H,36,39)(H,37,38)(H,41,42). The van der Waals surface area contributed by atoms with Crippen LogP contribution in [0.2, 0.25) is 0 Å². The van der Waals surface area contributed by atoms with E-state index in [1.165, 1.54) is 6.92 Å². The quantitative estimate of drug-likeness (QED) is 0.144. The average molecular weight is 570 g/mol. The highest BCUT2D eigenvalue weighted by Gasteiger charge is 2.29. The number of carboxylic acids is 1. The molecule has 0 saturated carbocycles. The number of para-hydroxylation sites is 1. The van der Waals surface area contributed by atoms with Gasteiger partial charge >= 0.3 is 5.97 Å². The van der Waals surface area contributed by atoms with Gasteiger partial charge in [0.05, 0.1) is 6.04 Å². The number of H-pyrrole nitrogens is 1. The van der Waals surface area contributed by atoms with E-state index in [1.54, 1.807) is 24.3 Å². The first-order valence-corrected chi connectivity index (χ1v) is 13.7. The van der Waals surface area contributed by atoms with Gasteiger partial charge in [0.25, 0.3) is 0 Å². The highest BCUT2D eigenvalue weighted by atomic mass is 16.4. The number of fused-ring (bicyclic) bond motifs is 1. The average Bonchev–Trinajstić information content (AvgIpc) is 3.39. The fourth-order valence-electron chi connectivity index (χ4n) is 4.69. The molecule has 3 aromatic carbocycles. The molecule has 0 aliphatic heterocycles. The summed E-state index contributed by atoms with van der Waals surface area (Å²) in [6.07, 6.45) is 2.32. The predicted molar refractivity (Wildman–Crippen MR) is 159 cm³/mol. The van der Waals surface area contributed by atoms with Gasteiger partial charge in [-0.15, -0.1) is 0 Å². The predicted octanol–water partition coefficient (Wildman–Crippen LogP) is 2.08. The van der Waals surface area contributed by atoms with E-state index in [2.05, 4.69) is 20.9 Å². The molecule has 218 valence electrons. The molecule has 0 fully saturated rings. The summed E-state index contributed by atoms with van der Waals surface area (Å²) in [5.74, 6) is -2.96. The summed E-state index contributed by atoms with van der Waals surface area (Å²) >= 11 is 0. The lowest BCUT2D eigenvalue weighted by atomic mass is 10.0. The van der Waals surface area contributed by atoms with E-state index in [0.29, 0.717) is 0 Å². The number of nitrogens with one attached hydrogen (secondary N) is 4. The van der Waals surface area contributed by atoms with Crippen molar-refractivity contribution in [3.05, 3.63) is 108 Å². The van der Waals surface area contributed by atoms with Gasteiger partial charge in [0.1, 0.15) is 18.1 Å². The van der Waals surface area contributed by atoms with E-state index in [1.807, 2.05) is 66.9 Å². The molecule has 0 spiro atoms. The molecule has 4 aromatic rings. The minimum atomic E-state index is -1.19. The Morgan fingerprint density at radius 2 is 1.26 bits per heavy atom. The zero-order valence-corrected chi connectivity index (χ0v) is 23.2. The second-order valence-electron chi connectivity index (χ2n) is 10.2. The Bertz CT molecular complexity index is 1520. The van der Waals surface area contributed by atoms with Crippen molar-refractivity contribution in [2.75, 3.05) is 0 Å². The Morgan fingerprint density at radius 3 is 1.88 bits per heavy atom. The molecule has 4 rings (SSSR count). The molecule has 3 amide bonds. The fourth-order valence-corrected chi connectivity index (χ4v) is 4.69. The number of hydrogen-bond acceptors (Lipinski definition) is 5. The molecule has 0 saturated heterocycles. The topological polar surface area (TPSA) is 166 Å². The third kappa shape index (κ3) is 8.05. The third-order valence-electron chi connectivity index (χ3n) is 7.02. The van der Waals surface area contributed by atoms with E-state index in [4.69, 9.17) is 5.73 Å². The van der Waals surface area contributed by atoms with Crippen LogP contribution in [0.5, 0.6) is 0 Å². The number of rotatable bonds is 13. The maximum Gasteiger partial charge on any atom is 0.326 e. The van der Waals surface area contributed by atoms with E-state index in [0.717, 1.165) is 27.6 Å². The first-order valence-electron chi connectivity index (χ1n) is 13.7. The number of carbonyl (C=O) groups is 4. The second kappa shape index (κ2) is 14.1. The molecule has 0 radical (unpaired) electrons. The van der Waals surface area contributed by atoms with Crippen molar-refractivity contribution < 1.29 is 24.3 Å². The van der Waals surface area contributed by atoms with Crippen LogP contribution < -0.4 is 21.7 Å². The number of aromatic nitrogens is 1. The van der Waals surface area contributed by atoms with Crippen LogP contribution in [0.25, 0.3) is 10.9 Å². The van der Waals surface area contributed by atoms with Gasteiger partial charge < -0.3 is 31.8 Å². The number of carboxylic acid groups (broad SMARTS) is 1. The van der Waals surface area contributed by atoms with E-state index in [9.17, 15) is 24.3 Å². The molecule has 4 unspecified atom stereocenters. The first-order chi connectivity index (χ1) is 20.2. The number of aromatic amines is 1. The van der Waals surface area contributed by atoms with Crippen LogP contribution >= 0.6 is 0 Å². The highest BCUT2D eigenvalue weighted by Crippen LogP contribution is 2.19. The van der Waals surface area contributed by atoms with Gasteiger partial charge in [0.2, 0.25) is 17.7 Å². The van der Waals surface area contributed by atoms with Gasteiger partial charge in [0.15, 0.2) is 0 Å². The lowest BCUT2D eigenvalue weighted by molar-refractivity contribution is -0.142. The van der Waals surface area contributed by atoms with Gasteiger partial charge in [-0.2, -0.15) is 0 Å². The van der Waals surface area contributed by atoms with Gasteiger partial charge in [-0.3, -0.25) is 14.4 Å². The van der Waals surface area contributed by atoms with Crippen LogP contribution in [0.1, 0.15) is 23.6 Å². The lowest BCUT2D eigenvalue weighted by Crippen LogP contribution is -2.57. The Hall–Kier alpha value is -4.96. The fraction of sp³-hybridized carbons (Fsp3) is 0.250. The molecule has 0 aliphatic rings. The maximum absolute atomic E-state index is 13.4. The molecule has 42 heavy (non-hydrogen) atoms. The van der Waals surface area contributed by atoms with Crippen molar-refractivity contribution in [1.29, 1.82) is 0 Å².